The van der Waals surface area contributed by atoms with Crippen LogP contribution in [0, 0.1) is 6.92 Å². The second-order valence-electron chi connectivity index (χ2n) is 7.22. The molecule has 0 amide bonds. The fourth-order valence-corrected chi connectivity index (χ4v) is 5.17. The van der Waals surface area contributed by atoms with Crippen LogP contribution in [0.15, 0.2) is 64.4 Å². The number of nitrogens with zero attached hydrogens (tertiary/aromatic N) is 4. The molecule has 1 aliphatic heterocycles. The van der Waals surface area contributed by atoms with E-state index in [2.05, 4.69) is 9.88 Å². The lowest BCUT2D eigenvalue weighted by Gasteiger charge is -2.34. The van der Waals surface area contributed by atoms with E-state index in [0.717, 1.165) is 5.69 Å². The van der Waals surface area contributed by atoms with Crippen molar-refractivity contribution in [3.05, 3.63) is 76.3 Å². The minimum Gasteiger partial charge on any atom is -0.300 e. The van der Waals surface area contributed by atoms with E-state index >= 15 is 0 Å². The van der Waals surface area contributed by atoms with Gasteiger partial charge in [0.15, 0.2) is 0 Å². The molecule has 2 aromatic heterocycles. The molecule has 7 nitrogen and oxygen atoms in total. The Bertz CT molecular complexity index is 1170. The van der Waals surface area contributed by atoms with Gasteiger partial charge >= 0.3 is 0 Å². The van der Waals surface area contributed by atoms with Gasteiger partial charge in [0, 0.05) is 50.2 Å². The molecule has 8 heteroatoms. The molecule has 1 fully saturated rings. The van der Waals surface area contributed by atoms with Crippen LogP contribution in [0.3, 0.4) is 0 Å². The number of pyridine rings is 1. The van der Waals surface area contributed by atoms with Crippen LogP contribution in [-0.4, -0.2) is 59.7 Å². The van der Waals surface area contributed by atoms with E-state index in [1.807, 2.05) is 31.2 Å². The number of hydrogen-bond donors (Lipinski definition) is 0. The minimum atomic E-state index is -3.45. The topological polar surface area (TPSA) is 75.0 Å². The predicted molar refractivity (Wildman–Crippen MR) is 112 cm³/mol. The largest absolute Gasteiger partial charge is 0.300 e. The molecule has 1 aliphatic rings. The van der Waals surface area contributed by atoms with E-state index in [1.54, 1.807) is 34.9 Å². The number of sulfonamides is 1. The lowest BCUT2D eigenvalue weighted by atomic mass is 10.1. The molecule has 3 heterocycles. The molecule has 152 valence electrons. The molecule has 0 radical (unpaired) electrons. The molecule has 0 spiro atoms. The Morgan fingerprint density at radius 1 is 0.966 bits per heavy atom. The van der Waals surface area contributed by atoms with Crippen molar-refractivity contribution >= 4 is 15.7 Å². The second-order valence-corrected chi connectivity index (χ2v) is 9.16. The molecular weight excluding hydrogens is 388 g/mol. The molecular formula is C21H24N4O3S. The first-order chi connectivity index (χ1) is 14.0. The SMILES string of the molecule is Cc1nc2ccccn2c(=O)c1CCN1CCN(S(=O)(=O)c2ccccc2)CC1. The maximum atomic E-state index is 12.8. The molecule has 1 saturated heterocycles. The molecule has 0 saturated carbocycles. The Hall–Kier alpha value is -2.55. The monoisotopic (exact) mass is 412 g/mol. The van der Waals surface area contributed by atoms with Gasteiger partial charge in [0.05, 0.1) is 4.90 Å². The van der Waals surface area contributed by atoms with Crippen molar-refractivity contribution in [1.29, 1.82) is 0 Å². The number of piperazine rings is 1. The van der Waals surface area contributed by atoms with Gasteiger partial charge in [-0.15, -0.1) is 0 Å². The van der Waals surface area contributed by atoms with Crippen molar-refractivity contribution in [3.63, 3.8) is 0 Å². The summed E-state index contributed by atoms with van der Waals surface area (Å²) < 4.78 is 28.6. The third-order valence-corrected chi connectivity index (χ3v) is 7.34. The summed E-state index contributed by atoms with van der Waals surface area (Å²) in [6.07, 6.45) is 2.34. The van der Waals surface area contributed by atoms with Crippen LogP contribution in [0.25, 0.3) is 5.65 Å². The van der Waals surface area contributed by atoms with Gasteiger partial charge in [-0.05, 0) is 37.6 Å². The highest BCUT2D eigenvalue weighted by Gasteiger charge is 2.28. The third kappa shape index (κ3) is 3.96. The highest BCUT2D eigenvalue weighted by molar-refractivity contribution is 7.89. The highest BCUT2D eigenvalue weighted by Crippen LogP contribution is 2.17. The molecule has 0 atom stereocenters. The number of rotatable bonds is 5. The zero-order valence-electron chi connectivity index (χ0n) is 16.4. The van der Waals surface area contributed by atoms with Crippen LogP contribution >= 0.6 is 0 Å². The Balaban J connectivity index is 1.41. The summed E-state index contributed by atoms with van der Waals surface area (Å²) in [6.45, 7) is 4.77. The van der Waals surface area contributed by atoms with Crippen molar-refractivity contribution in [1.82, 2.24) is 18.6 Å². The average molecular weight is 413 g/mol. The molecule has 3 aromatic rings. The third-order valence-electron chi connectivity index (χ3n) is 5.42. The first kappa shape index (κ1) is 19.8. The molecule has 0 N–H and O–H groups in total. The number of fused-ring (bicyclic) bond motifs is 1. The number of hydrogen-bond acceptors (Lipinski definition) is 5. The van der Waals surface area contributed by atoms with Crippen LogP contribution in [-0.2, 0) is 16.4 Å². The molecule has 1 aromatic carbocycles. The van der Waals surface area contributed by atoms with Crippen molar-refractivity contribution < 1.29 is 8.42 Å². The van der Waals surface area contributed by atoms with E-state index in [0.29, 0.717) is 55.3 Å². The lowest BCUT2D eigenvalue weighted by molar-refractivity contribution is 0.190. The predicted octanol–water partition coefficient (Wildman–Crippen LogP) is 1.55. The Labute approximate surface area is 170 Å². The molecule has 29 heavy (non-hydrogen) atoms. The smallest absolute Gasteiger partial charge is 0.261 e. The van der Waals surface area contributed by atoms with E-state index in [9.17, 15) is 13.2 Å². The van der Waals surface area contributed by atoms with Crippen LogP contribution in [0.2, 0.25) is 0 Å². The van der Waals surface area contributed by atoms with E-state index in [4.69, 9.17) is 0 Å². The highest BCUT2D eigenvalue weighted by atomic mass is 32.2. The summed E-state index contributed by atoms with van der Waals surface area (Å²) in [5.41, 5.74) is 2.09. The van der Waals surface area contributed by atoms with Gasteiger partial charge < -0.3 is 4.90 Å². The molecule has 0 aliphatic carbocycles. The summed E-state index contributed by atoms with van der Waals surface area (Å²) in [6, 6.07) is 14.1. The van der Waals surface area contributed by atoms with Gasteiger partial charge in [-0.25, -0.2) is 13.4 Å². The summed E-state index contributed by atoms with van der Waals surface area (Å²) in [4.78, 5) is 19.9. The summed E-state index contributed by atoms with van der Waals surface area (Å²) in [5, 5.41) is 0. The van der Waals surface area contributed by atoms with Crippen molar-refractivity contribution in [2.45, 2.75) is 18.2 Å². The number of aromatic nitrogens is 2. The van der Waals surface area contributed by atoms with Crippen molar-refractivity contribution in [2.24, 2.45) is 0 Å². The van der Waals surface area contributed by atoms with Gasteiger partial charge in [-0.2, -0.15) is 4.31 Å². The standard InChI is InChI=1S/C21H24N4O3S/c1-17-19(21(26)25-11-6-5-9-20(25)22-17)10-12-23-13-15-24(16-14-23)29(27,28)18-7-3-2-4-8-18/h2-9,11H,10,12-16H2,1H3. The molecule has 0 bridgehead atoms. The quantitative estimate of drug-likeness (QED) is 0.636. The summed E-state index contributed by atoms with van der Waals surface area (Å²) in [7, 11) is -3.45. The maximum Gasteiger partial charge on any atom is 0.261 e. The van der Waals surface area contributed by atoms with Gasteiger partial charge in [0.25, 0.3) is 5.56 Å². The second kappa shape index (κ2) is 8.06. The normalized spacial score (nSPS) is 16.3. The van der Waals surface area contributed by atoms with Gasteiger partial charge in [0.2, 0.25) is 10.0 Å². The zero-order chi connectivity index (χ0) is 20.4. The molecule has 0 unspecified atom stereocenters. The van der Waals surface area contributed by atoms with E-state index < -0.39 is 10.0 Å². The Morgan fingerprint density at radius 3 is 2.38 bits per heavy atom. The van der Waals surface area contributed by atoms with Gasteiger partial charge in [-0.1, -0.05) is 24.3 Å². The average Bonchev–Trinajstić information content (AvgIpc) is 2.74. The van der Waals surface area contributed by atoms with Crippen LogP contribution in [0.1, 0.15) is 11.3 Å². The fraction of sp³-hybridized carbons (Fsp3) is 0.333. The number of benzene rings is 1. The van der Waals surface area contributed by atoms with Crippen molar-refractivity contribution in [2.75, 3.05) is 32.7 Å². The van der Waals surface area contributed by atoms with Crippen LogP contribution in [0.4, 0.5) is 0 Å². The van der Waals surface area contributed by atoms with E-state index in [1.165, 1.54) is 4.31 Å². The first-order valence-electron chi connectivity index (χ1n) is 9.71. The van der Waals surface area contributed by atoms with Gasteiger partial charge in [0.1, 0.15) is 5.65 Å². The minimum absolute atomic E-state index is 0.0293. The first-order valence-corrected chi connectivity index (χ1v) is 11.2. The Kier molecular flexibility index (Phi) is 5.49. The lowest BCUT2D eigenvalue weighted by Crippen LogP contribution is -2.49. The number of aryl methyl sites for hydroxylation is 1. The Morgan fingerprint density at radius 2 is 1.66 bits per heavy atom. The van der Waals surface area contributed by atoms with E-state index in [-0.39, 0.29) is 5.56 Å². The summed E-state index contributed by atoms with van der Waals surface area (Å²) >= 11 is 0. The van der Waals surface area contributed by atoms with Crippen LogP contribution < -0.4 is 5.56 Å². The zero-order valence-corrected chi connectivity index (χ0v) is 17.2. The van der Waals surface area contributed by atoms with Crippen LogP contribution in [0.5, 0.6) is 0 Å². The fourth-order valence-electron chi connectivity index (χ4n) is 3.73. The van der Waals surface area contributed by atoms with Gasteiger partial charge in [-0.3, -0.25) is 9.20 Å². The summed E-state index contributed by atoms with van der Waals surface area (Å²) in [5.74, 6) is 0. The maximum absolute atomic E-state index is 12.8. The molecule has 4 rings (SSSR count). The van der Waals surface area contributed by atoms with Crippen molar-refractivity contribution in [3.8, 4) is 0 Å².